The Morgan fingerprint density at radius 3 is 2.69 bits per heavy atom. The molecule has 8 heteroatoms. The highest BCUT2D eigenvalue weighted by Crippen LogP contribution is 2.34. The first kappa shape index (κ1) is 21.9. The standard InChI is InChI=1S/C21H27N3O3S2/c1-12-8-13(2)18(14(3)9-12)23-17(25)11-28-21-22-16-10-15(4)29-19(16)20(26)24(21)6-7-27-5/h8-9,15H,6-7,10-11H2,1-5H3,(H,23,25). The molecule has 156 valence electrons. The number of ether oxygens (including phenoxy) is 1. The summed E-state index contributed by atoms with van der Waals surface area (Å²) < 4.78 is 6.79. The molecule has 0 bridgehead atoms. The van der Waals surface area contributed by atoms with E-state index >= 15 is 0 Å². The molecule has 29 heavy (non-hydrogen) atoms. The number of carbonyl (C=O) groups is 1. The van der Waals surface area contributed by atoms with Gasteiger partial charge in [0.05, 0.1) is 29.5 Å². The molecule has 6 nitrogen and oxygen atoms in total. The van der Waals surface area contributed by atoms with E-state index in [0.29, 0.717) is 23.6 Å². The zero-order valence-electron chi connectivity index (χ0n) is 17.5. The second-order valence-corrected chi connectivity index (χ2v) is 9.75. The van der Waals surface area contributed by atoms with E-state index in [1.54, 1.807) is 23.4 Å². The molecular weight excluding hydrogens is 406 g/mol. The minimum Gasteiger partial charge on any atom is -0.383 e. The number of benzene rings is 1. The molecule has 0 aliphatic carbocycles. The van der Waals surface area contributed by atoms with Crippen molar-refractivity contribution in [3.8, 4) is 0 Å². The molecule has 0 saturated carbocycles. The average molecular weight is 434 g/mol. The number of nitrogens with zero attached hydrogens (tertiary/aromatic N) is 2. The molecule has 0 fully saturated rings. The van der Waals surface area contributed by atoms with Gasteiger partial charge in [-0.05, 0) is 31.9 Å². The van der Waals surface area contributed by atoms with Gasteiger partial charge in [0, 0.05) is 24.5 Å². The summed E-state index contributed by atoms with van der Waals surface area (Å²) in [6.07, 6.45) is 0.780. The van der Waals surface area contributed by atoms with E-state index in [-0.39, 0.29) is 17.2 Å². The largest absolute Gasteiger partial charge is 0.383 e. The molecule has 1 atom stereocenters. The zero-order valence-corrected chi connectivity index (χ0v) is 19.1. The predicted octanol–water partition coefficient (Wildman–Crippen LogP) is 3.58. The van der Waals surface area contributed by atoms with Crippen molar-refractivity contribution in [1.29, 1.82) is 0 Å². The van der Waals surface area contributed by atoms with Crippen molar-refractivity contribution < 1.29 is 9.53 Å². The Kier molecular flexibility index (Phi) is 7.08. The van der Waals surface area contributed by atoms with Gasteiger partial charge >= 0.3 is 0 Å². The second-order valence-electron chi connectivity index (χ2n) is 7.36. The topological polar surface area (TPSA) is 73.2 Å². The third-order valence-electron chi connectivity index (χ3n) is 4.76. The van der Waals surface area contributed by atoms with Crippen LogP contribution in [0.5, 0.6) is 0 Å². The summed E-state index contributed by atoms with van der Waals surface area (Å²) in [5.74, 6) is 0.0778. The van der Waals surface area contributed by atoms with Crippen LogP contribution in [0.2, 0.25) is 0 Å². The summed E-state index contributed by atoms with van der Waals surface area (Å²) in [7, 11) is 1.61. The van der Waals surface area contributed by atoms with E-state index in [9.17, 15) is 9.59 Å². The normalized spacial score (nSPS) is 15.4. The molecule has 1 aliphatic rings. The van der Waals surface area contributed by atoms with Crippen LogP contribution in [0, 0.1) is 20.8 Å². The van der Waals surface area contributed by atoms with Crippen LogP contribution in [0.3, 0.4) is 0 Å². The average Bonchev–Trinajstić information content (AvgIpc) is 3.03. The molecule has 2 aromatic rings. The number of hydrogen-bond donors (Lipinski definition) is 1. The van der Waals surface area contributed by atoms with Crippen molar-refractivity contribution in [3.63, 3.8) is 0 Å². The van der Waals surface area contributed by atoms with Gasteiger partial charge in [-0.2, -0.15) is 0 Å². The second kappa shape index (κ2) is 9.36. The third kappa shape index (κ3) is 5.05. The van der Waals surface area contributed by atoms with Gasteiger partial charge in [0.25, 0.3) is 5.56 Å². The van der Waals surface area contributed by atoms with Crippen LogP contribution in [-0.4, -0.2) is 40.2 Å². The first-order chi connectivity index (χ1) is 13.8. The lowest BCUT2D eigenvalue weighted by Gasteiger charge is -2.15. The lowest BCUT2D eigenvalue weighted by atomic mass is 10.1. The Morgan fingerprint density at radius 1 is 1.34 bits per heavy atom. The fraction of sp³-hybridized carbons (Fsp3) is 0.476. The van der Waals surface area contributed by atoms with Crippen LogP contribution in [0.4, 0.5) is 5.69 Å². The molecule has 1 unspecified atom stereocenters. The number of carbonyl (C=O) groups excluding carboxylic acids is 1. The Labute approximate surface area is 179 Å². The van der Waals surface area contributed by atoms with Gasteiger partial charge in [-0.3, -0.25) is 14.2 Å². The number of hydrogen-bond acceptors (Lipinski definition) is 6. The van der Waals surface area contributed by atoms with E-state index in [0.717, 1.165) is 33.8 Å². The van der Waals surface area contributed by atoms with Crippen molar-refractivity contribution in [2.24, 2.45) is 0 Å². The highest BCUT2D eigenvalue weighted by atomic mass is 32.2. The van der Waals surface area contributed by atoms with E-state index in [2.05, 4.69) is 24.4 Å². The van der Waals surface area contributed by atoms with Gasteiger partial charge < -0.3 is 10.1 Å². The molecule has 1 aromatic carbocycles. The first-order valence-electron chi connectivity index (χ1n) is 9.60. The summed E-state index contributed by atoms with van der Waals surface area (Å²) in [5.41, 5.74) is 4.91. The van der Waals surface area contributed by atoms with Crippen LogP contribution in [0.1, 0.15) is 29.3 Å². The molecule has 3 rings (SSSR count). The summed E-state index contributed by atoms with van der Waals surface area (Å²) in [4.78, 5) is 31.0. The molecule has 2 heterocycles. The summed E-state index contributed by atoms with van der Waals surface area (Å²) in [6, 6.07) is 4.11. The number of fused-ring (bicyclic) bond motifs is 1. The Balaban J connectivity index is 1.78. The van der Waals surface area contributed by atoms with E-state index in [1.165, 1.54) is 17.3 Å². The first-order valence-corrected chi connectivity index (χ1v) is 11.5. The molecule has 0 radical (unpaired) electrons. The lowest BCUT2D eigenvalue weighted by molar-refractivity contribution is -0.113. The van der Waals surface area contributed by atoms with Gasteiger partial charge in [-0.25, -0.2) is 4.98 Å². The quantitative estimate of drug-likeness (QED) is 0.531. The third-order valence-corrected chi connectivity index (χ3v) is 6.95. The molecule has 0 saturated heterocycles. The number of thioether (sulfide) groups is 2. The monoisotopic (exact) mass is 433 g/mol. The summed E-state index contributed by atoms with van der Waals surface area (Å²) in [6.45, 7) is 8.96. The smallest absolute Gasteiger partial charge is 0.268 e. The minimum atomic E-state index is -0.110. The van der Waals surface area contributed by atoms with Crippen LogP contribution >= 0.6 is 23.5 Å². The number of nitrogens with one attached hydrogen (secondary N) is 1. The number of rotatable bonds is 7. The SMILES string of the molecule is COCCn1c(SCC(=O)Nc2c(C)cc(C)cc2C)nc2c(c1=O)SC(C)C2. The number of methoxy groups -OCH3 is 1. The van der Waals surface area contributed by atoms with Crippen molar-refractivity contribution in [1.82, 2.24) is 9.55 Å². The van der Waals surface area contributed by atoms with Crippen molar-refractivity contribution in [2.45, 2.75) is 56.0 Å². The molecule has 0 spiro atoms. The molecule has 1 amide bonds. The number of amides is 1. The van der Waals surface area contributed by atoms with Gasteiger partial charge in [-0.1, -0.05) is 36.4 Å². The predicted molar refractivity (Wildman–Crippen MR) is 119 cm³/mol. The van der Waals surface area contributed by atoms with Gasteiger partial charge in [0.1, 0.15) is 0 Å². The van der Waals surface area contributed by atoms with E-state index < -0.39 is 0 Å². The Bertz CT molecular complexity index is 965. The fourth-order valence-electron chi connectivity index (χ4n) is 3.50. The Morgan fingerprint density at radius 2 is 2.03 bits per heavy atom. The summed E-state index contributed by atoms with van der Waals surface area (Å²) in [5, 5.41) is 3.93. The van der Waals surface area contributed by atoms with E-state index in [4.69, 9.17) is 9.72 Å². The minimum absolute atomic E-state index is 0.0328. The maximum absolute atomic E-state index is 12.9. The lowest BCUT2D eigenvalue weighted by Crippen LogP contribution is -2.27. The fourth-order valence-corrected chi connectivity index (χ4v) is 5.46. The highest BCUT2D eigenvalue weighted by molar-refractivity contribution is 8.00. The zero-order chi connectivity index (χ0) is 21.1. The van der Waals surface area contributed by atoms with Gasteiger partial charge in [0.2, 0.25) is 5.91 Å². The molecule has 1 aliphatic heterocycles. The maximum atomic E-state index is 12.9. The Hall–Kier alpha value is -1.77. The van der Waals surface area contributed by atoms with Crippen molar-refractivity contribution in [3.05, 3.63) is 44.9 Å². The van der Waals surface area contributed by atoms with Crippen LogP contribution < -0.4 is 10.9 Å². The van der Waals surface area contributed by atoms with E-state index in [1.807, 2.05) is 20.8 Å². The van der Waals surface area contributed by atoms with Crippen molar-refractivity contribution >= 4 is 35.1 Å². The number of anilines is 1. The number of aromatic nitrogens is 2. The maximum Gasteiger partial charge on any atom is 0.268 e. The van der Waals surface area contributed by atoms with Crippen LogP contribution in [0.15, 0.2) is 27.0 Å². The van der Waals surface area contributed by atoms with Crippen LogP contribution in [-0.2, 0) is 22.5 Å². The highest BCUT2D eigenvalue weighted by Gasteiger charge is 2.26. The van der Waals surface area contributed by atoms with Crippen molar-refractivity contribution in [2.75, 3.05) is 24.8 Å². The molecule has 1 N–H and O–H groups in total. The summed E-state index contributed by atoms with van der Waals surface area (Å²) >= 11 is 2.88. The van der Waals surface area contributed by atoms with Gasteiger partial charge in [-0.15, -0.1) is 11.8 Å². The number of aryl methyl sites for hydroxylation is 3. The van der Waals surface area contributed by atoms with Gasteiger partial charge in [0.15, 0.2) is 5.16 Å². The molecule has 1 aromatic heterocycles. The van der Waals surface area contributed by atoms with Crippen LogP contribution in [0.25, 0.3) is 0 Å². The molecular formula is C21H27N3O3S2.